The van der Waals surface area contributed by atoms with E-state index in [1.807, 2.05) is 34.9 Å². The lowest BCUT2D eigenvalue weighted by Gasteiger charge is -2.27. The maximum absolute atomic E-state index is 13.2. The van der Waals surface area contributed by atoms with Gasteiger partial charge in [0.25, 0.3) is 0 Å². The molecule has 2 amide bonds. The van der Waals surface area contributed by atoms with E-state index < -0.39 is 0 Å². The van der Waals surface area contributed by atoms with Crippen LogP contribution in [0.15, 0.2) is 18.2 Å². The smallest absolute Gasteiger partial charge is 0.230 e. The molecule has 138 valence electrons. The standard InChI is InChI=1S/C19H26Cl2N2O2/c1-14-6-7-17(13-18(14)21)23(11-4-9-20)19(25)16-5-3-10-22(12-8-16)15(2)24/h6-7,13,16H,3-5,8-12H2,1-2H3. The van der Waals surface area contributed by atoms with Crippen molar-refractivity contribution >= 4 is 40.7 Å². The number of likely N-dealkylation sites (tertiary alicyclic amines) is 1. The zero-order valence-corrected chi connectivity index (χ0v) is 16.4. The predicted molar refractivity (Wildman–Crippen MR) is 103 cm³/mol. The lowest BCUT2D eigenvalue weighted by atomic mass is 9.98. The molecule has 1 atom stereocenters. The van der Waals surface area contributed by atoms with Crippen LogP contribution >= 0.6 is 23.2 Å². The van der Waals surface area contributed by atoms with E-state index in [9.17, 15) is 9.59 Å². The highest BCUT2D eigenvalue weighted by atomic mass is 35.5. The van der Waals surface area contributed by atoms with E-state index in [0.717, 1.165) is 37.1 Å². The van der Waals surface area contributed by atoms with E-state index in [0.29, 0.717) is 30.4 Å². The number of anilines is 1. The number of halogens is 2. The zero-order valence-electron chi connectivity index (χ0n) is 14.9. The molecule has 1 heterocycles. The molecule has 0 bridgehead atoms. The third-order valence-corrected chi connectivity index (χ3v) is 5.45. The average Bonchev–Trinajstić information content (AvgIpc) is 2.84. The van der Waals surface area contributed by atoms with Gasteiger partial charge >= 0.3 is 0 Å². The maximum Gasteiger partial charge on any atom is 0.230 e. The van der Waals surface area contributed by atoms with Gasteiger partial charge in [0.15, 0.2) is 0 Å². The van der Waals surface area contributed by atoms with E-state index in [2.05, 4.69) is 0 Å². The molecular weight excluding hydrogens is 359 g/mol. The number of hydrogen-bond donors (Lipinski definition) is 0. The molecule has 1 unspecified atom stereocenters. The second-order valence-electron chi connectivity index (χ2n) is 6.60. The van der Waals surface area contributed by atoms with Crippen LogP contribution in [0.4, 0.5) is 5.69 Å². The molecule has 4 nitrogen and oxygen atoms in total. The molecule has 1 saturated heterocycles. The molecule has 6 heteroatoms. The average molecular weight is 385 g/mol. The van der Waals surface area contributed by atoms with Gasteiger partial charge in [-0.25, -0.2) is 0 Å². The Labute approximate surface area is 160 Å². The van der Waals surface area contributed by atoms with Gasteiger partial charge in [-0.05, 0) is 50.3 Å². The number of alkyl halides is 1. The number of benzene rings is 1. The van der Waals surface area contributed by atoms with Crippen molar-refractivity contribution in [3.05, 3.63) is 28.8 Å². The SMILES string of the molecule is CC(=O)N1CCCC(C(=O)N(CCCCl)c2ccc(C)c(Cl)c2)CC1. The van der Waals surface area contributed by atoms with E-state index in [4.69, 9.17) is 23.2 Å². The summed E-state index contributed by atoms with van der Waals surface area (Å²) in [6, 6.07) is 5.72. The Morgan fingerprint density at radius 1 is 1.28 bits per heavy atom. The normalized spacial score (nSPS) is 17.9. The minimum absolute atomic E-state index is 0.0697. The second kappa shape index (κ2) is 9.44. The van der Waals surface area contributed by atoms with Gasteiger partial charge in [0, 0.05) is 49.1 Å². The first-order valence-corrected chi connectivity index (χ1v) is 9.74. The van der Waals surface area contributed by atoms with E-state index in [-0.39, 0.29) is 17.7 Å². The predicted octanol–water partition coefficient (Wildman–Crippen LogP) is 4.26. The van der Waals surface area contributed by atoms with Crippen LogP contribution in [0.25, 0.3) is 0 Å². The summed E-state index contributed by atoms with van der Waals surface area (Å²) in [5.74, 6) is 0.624. The van der Waals surface area contributed by atoms with Crippen molar-refractivity contribution in [3.8, 4) is 0 Å². The Kier molecular flexibility index (Phi) is 7.57. The van der Waals surface area contributed by atoms with Crippen molar-refractivity contribution in [1.82, 2.24) is 4.90 Å². The van der Waals surface area contributed by atoms with Crippen molar-refractivity contribution in [1.29, 1.82) is 0 Å². The number of rotatable bonds is 5. The molecule has 25 heavy (non-hydrogen) atoms. The summed E-state index contributed by atoms with van der Waals surface area (Å²) in [6.45, 7) is 5.48. The van der Waals surface area contributed by atoms with Crippen molar-refractivity contribution in [3.63, 3.8) is 0 Å². The molecule has 0 N–H and O–H groups in total. The summed E-state index contributed by atoms with van der Waals surface area (Å²) in [6.07, 6.45) is 3.09. The maximum atomic E-state index is 13.2. The van der Waals surface area contributed by atoms with Gasteiger partial charge in [0.1, 0.15) is 0 Å². The van der Waals surface area contributed by atoms with Crippen LogP contribution in [0, 0.1) is 12.8 Å². The molecule has 0 aromatic heterocycles. The quantitative estimate of drug-likeness (QED) is 0.711. The fourth-order valence-electron chi connectivity index (χ4n) is 3.21. The van der Waals surface area contributed by atoms with Gasteiger partial charge in [0.05, 0.1) is 0 Å². The van der Waals surface area contributed by atoms with E-state index >= 15 is 0 Å². The molecule has 1 aromatic carbocycles. The second-order valence-corrected chi connectivity index (χ2v) is 7.38. The van der Waals surface area contributed by atoms with E-state index in [1.54, 1.807) is 6.92 Å². The number of aryl methyl sites for hydroxylation is 1. The summed E-state index contributed by atoms with van der Waals surface area (Å²) in [5, 5.41) is 0.657. The van der Waals surface area contributed by atoms with Crippen LogP contribution in [0.5, 0.6) is 0 Å². The van der Waals surface area contributed by atoms with Crippen molar-refractivity contribution in [2.75, 3.05) is 30.4 Å². The number of amides is 2. The molecule has 0 saturated carbocycles. The van der Waals surface area contributed by atoms with Gasteiger partial charge in [-0.1, -0.05) is 17.7 Å². The summed E-state index contributed by atoms with van der Waals surface area (Å²) >= 11 is 12.1. The summed E-state index contributed by atoms with van der Waals surface area (Å²) in [4.78, 5) is 28.4. The van der Waals surface area contributed by atoms with Crippen molar-refractivity contribution in [2.45, 2.75) is 39.5 Å². The molecule has 1 aliphatic rings. The Hall–Kier alpha value is -1.26. The van der Waals surface area contributed by atoms with Gasteiger partial charge in [-0.3, -0.25) is 9.59 Å². The molecule has 1 fully saturated rings. The van der Waals surface area contributed by atoms with Gasteiger partial charge < -0.3 is 9.80 Å². The highest BCUT2D eigenvalue weighted by molar-refractivity contribution is 6.31. The first-order valence-electron chi connectivity index (χ1n) is 8.83. The highest BCUT2D eigenvalue weighted by Gasteiger charge is 2.28. The lowest BCUT2D eigenvalue weighted by Crippen LogP contribution is -2.38. The number of hydrogen-bond acceptors (Lipinski definition) is 2. The van der Waals surface area contributed by atoms with Crippen LogP contribution in [0.1, 0.15) is 38.2 Å². The summed E-state index contributed by atoms with van der Waals surface area (Å²) < 4.78 is 0. The third kappa shape index (κ3) is 5.35. The van der Waals surface area contributed by atoms with Crippen molar-refractivity contribution < 1.29 is 9.59 Å². The first kappa shape index (κ1) is 20.1. The van der Waals surface area contributed by atoms with Crippen molar-refractivity contribution in [2.24, 2.45) is 5.92 Å². The van der Waals surface area contributed by atoms with Crippen LogP contribution in [0.2, 0.25) is 5.02 Å². The molecule has 1 aromatic rings. The molecular formula is C19H26Cl2N2O2. The van der Waals surface area contributed by atoms with Crippen LogP contribution in [-0.4, -0.2) is 42.2 Å². The first-order chi connectivity index (χ1) is 11.9. The summed E-state index contributed by atoms with van der Waals surface area (Å²) in [7, 11) is 0. The minimum atomic E-state index is -0.0697. The monoisotopic (exact) mass is 384 g/mol. The van der Waals surface area contributed by atoms with Crippen LogP contribution in [0.3, 0.4) is 0 Å². The lowest BCUT2D eigenvalue weighted by molar-refractivity contribution is -0.129. The van der Waals surface area contributed by atoms with Gasteiger partial charge in [-0.2, -0.15) is 0 Å². The largest absolute Gasteiger partial charge is 0.343 e. The number of nitrogens with zero attached hydrogens (tertiary/aromatic N) is 2. The molecule has 0 aliphatic carbocycles. The van der Waals surface area contributed by atoms with Gasteiger partial charge in [0.2, 0.25) is 11.8 Å². The van der Waals surface area contributed by atoms with Crippen LogP contribution < -0.4 is 4.90 Å². The molecule has 2 rings (SSSR count). The van der Waals surface area contributed by atoms with Crippen LogP contribution in [-0.2, 0) is 9.59 Å². The molecule has 0 spiro atoms. The Balaban J connectivity index is 2.17. The third-order valence-electron chi connectivity index (χ3n) is 4.77. The zero-order chi connectivity index (χ0) is 18.4. The topological polar surface area (TPSA) is 40.6 Å². The highest BCUT2D eigenvalue weighted by Crippen LogP contribution is 2.27. The summed E-state index contributed by atoms with van der Waals surface area (Å²) in [5.41, 5.74) is 1.81. The number of carbonyl (C=O) groups excluding carboxylic acids is 2. The fourth-order valence-corrected chi connectivity index (χ4v) is 3.51. The number of carbonyl (C=O) groups is 2. The molecule has 0 radical (unpaired) electrons. The fraction of sp³-hybridized carbons (Fsp3) is 0.579. The van der Waals surface area contributed by atoms with Gasteiger partial charge in [-0.15, -0.1) is 11.6 Å². The Morgan fingerprint density at radius 2 is 2.04 bits per heavy atom. The minimum Gasteiger partial charge on any atom is -0.343 e. The Morgan fingerprint density at radius 3 is 2.68 bits per heavy atom. The van der Waals surface area contributed by atoms with E-state index in [1.165, 1.54) is 0 Å². The molecule has 1 aliphatic heterocycles. The Bertz CT molecular complexity index is 621.